The first-order valence-corrected chi connectivity index (χ1v) is 6.12. The molecule has 84 valence electrons. The lowest BCUT2D eigenvalue weighted by atomic mass is 10.3. The maximum atomic E-state index is 11.4. The van der Waals surface area contributed by atoms with Gasteiger partial charge in [-0.05, 0) is 36.9 Å². The first kappa shape index (κ1) is 12.2. The maximum Gasteiger partial charge on any atom is 0.234 e. The zero-order valence-corrected chi connectivity index (χ0v) is 10.1. The Morgan fingerprint density at radius 3 is 2.93 bits per heavy atom. The van der Waals surface area contributed by atoms with Gasteiger partial charge in [0, 0.05) is 4.88 Å². The number of rotatable bonds is 6. The Labute approximate surface area is 94.9 Å². The van der Waals surface area contributed by atoms with Gasteiger partial charge in [0.1, 0.15) is 0 Å². The van der Waals surface area contributed by atoms with Crippen molar-refractivity contribution in [2.75, 3.05) is 13.1 Å². The summed E-state index contributed by atoms with van der Waals surface area (Å²) in [6.45, 7) is 6.10. The fourth-order valence-corrected chi connectivity index (χ4v) is 2.05. The van der Waals surface area contributed by atoms with E-state index in [4.69, 9.17) is 0 Å². The van der Waals surface area contributed by atoms with Crippen molar-refractivity contribution in [3.8, 4) is 0 Å². The summed E-state index contributed by atoms with van der Waals surface area (Å²) in [7, 11) is 0. The van der Waals surface area contributed by atoms with Crippen LogP contribution in [0.1, 0.15) is 23.8 Å². The number of carbonyl (C=O) groups is 1. The van der Waals surface area contributed by atoms with E-state index in [1.165, 1.54) is 10.4 Å². The number of aryl methyl sites for hydroxylation is 1. The van der Waals surface area contributed by atoms with E-state index in [-0.39, 0.29) is 5.91 Å². The fraction of sp³-hybridized carbons (Fsp3) is 0.545. The Morgan fingerprint density at radius 2 is 2.33 bits per heavy atom. The van der Waals surface area contributed by atoms with Gasteiger partial charge in [-0.3, -0.25) is 4.79 Å². The van der Waals surface area contributed by atoms with Crippen LogP contribution in [0, 0.1) is 6.92 Å². The summed E-state index contributed by atoms with van der Waals surface area (Å²) >= 11 is 1.68. The van der Waals surface area contributed by atoms with Gasteiger partial charge >= 0.3 is 0 Å². The molecule has 15 heavy (non-hydrogen) atoms. The van der Waals surface area contributed by atoms with Crippen LogP contribution >= 0.6 is 11.3 Å². The molecule has 1 aromatic heterocycles. The average molecular weight is 226 g/mol. The molecule has 0 atom stereocenters. The van der Waals surface area contributed by atoms with Crippen LogP contribution in [0.15, 0.2) is 11.4 Å². The summed E-state index contributed by atoms with van der Waals surface area (Å²) in [6.07, 6.45) is 1.05. The standard InChI is InChI=1S/C11H18N2OS/c1-3-5-12-8-11(14)13-7-10-9(2)4-6-15-10/h4,6,12H,3,5,7-8H2,1-2H3,(H,13,14). The van der Waals surface area contributed by atoms with Crippen molar-refractivity contribution in [2.24, 2.45) is 0 Å². The van der Waals surface area contributed by atoms with E-state index in [0.29, 0.717) is 13.1 Å². The summed E-state index contributed by atoms with van der Waals surface area (Å²) in [5, 5.41) is 8.01. The predicted octanol–water partition coefficient (Wildman–Crippen LogP) is 1.67. The molecule has 3 nitrogen and oxygen atoms in total. The molecule has 0 spiro atoms. The van der Waals surface area contributed by atoms with E-state index in [2.05, 4.69) is 30.5 Å². The lowest BCUT2D eigenvalue weighted by Crippen LogP contribution is -2.33. The largest absolute Gasteiger partial charge is 0.350 e. The predicted molar refractivity (Wildman–Crippen MR) is 64.1 cm³/mol. The Bertz CT molecular complexity index is 309. The molecule has 1 rings (SSSR count). The van der Waals surface area contributed by atoms with E-state index in [1.54, 1.807) is 11.3 Å². The quantitative estimate of drug-likeness (QED) is 0.725. The molecule has 0 radical (unpaired) electrons. The minimum Gasteiger partial charge on any atom is -0.350 e. The lowest BCUT2D eigenvalue weighted by Gasteiger charge is -2.05. The Morgan fingerprint density at radius 1 is 1.53 bits per heavy atom. The monoisotopic (exact) mass is 226 g/mol. The smallest absolute Gasteiger partial charge is 0.234 e. The summed E-state index contributed by atoms with van der Waals surface area (Å²) < 4.78 is 0. The highest BCUT2D eigenvalue weighted by atomic mass is 32.1. The third-order valence-corrected chi connectivity index (χ3v) is 3.15. The molecule has 1 amide bonds. The second-order valence-corrected chi connectivity index (χ2v) is 4.48. The second-order valence-electron chi connectivity index (χ2n) is 3.48. The molecule has 0 saturated carbocycles. The number of thiophene rings is 1. The molecule has 2 N–H and O–H groups in total. The molecular weight excluding hydrogens is 208 g/mol. The van der Waals surface area contributed by atoms with Crippen molar-refractivity contribution in [3.05, 3.63) is 21.9 Å². The van der Waals surface area contributed by atoms with E-state index >= 15 is 0 Å². The highest BCUT2D eigenvalue weighted by molar-refractivity contribution is 7.10. The van der Waals surface area contributed by atoms with Gasteiger partial charge in [-0.2, -0.15) is 0 Å². The van der Waals surface area contributed by atoms with E-state index in [1.807, 2.05) is 5.38 Å². The molecule has 1 heterocycles. The molecule has 0 unspecified atom stereocenters. The SMILES string of the molecule is CCCNCC(=O)NCc1sccc1C. The first-order valence-electron chi connectivity index (χ1n) is 5.24. The zero-order valence-electron chi connectivity index (χ0n) is 9.30. The molecule has 0 aliphatic rings. The molecular formula is C11H18N2OS. The fourth-order valence-electron chi connectivity index (χ4n) is 1.21. The second kappa shape index (κ2) is 6.58. The van der Waals surface area contributed by atoms with Crippen LogP contribution in [0.5, 0.6) is 0 Å². The normalized spacial score (nSPS) is 10.3. The Hall–Kier alpha value is -0.870. The molecule has 4 heteroatoms. The van der Waals surface area contributed by atoms with Gasteiger partial charge in [-0.15, -0.1) is 11.3 Å². The first-order chi connectivity index (χ1) is 7.24. The van der Waals surface area contributed by atoms with Crippen LogP contribution < -0.4 is 10.6 Å². The van der Waals surface area contributed by atoms with Gasteiger partial charge in [0.25, 0.3) is 0 Å². The van der Waals surface area contributed by atoms with Crippen molar-refractivity contribution in [1.29, 1.82) is 0 Å². The molecule has 0 fully saturated rings. The molecule has 1 aromatic rings. The Balaban J connectivity index is 2.20. The van der Waals surface area contributed by atoms with Gasteiger partial charge in [0.2, 0.25) is 5.91 Å². The van der Waals surface area contributed by atoms with Gasteiger partial charge in [-0.25, -0.2) is 0 Å². The number of amides is 1. The minimum absolute atomic E-state index is 0.0660. The summed E-state index contributed by atoms with van der Waals surface area (Å²) in [5.41, 5.74) is 1.25. The summed E-state index contributed by atoms with van der Waals surface area (Å²) in [6, 6.07) is 2.07. The highest BCUT2D eigenvalue weighted by Crippen LogP contribution is 2.14. The highest BCUT2D eigenvalue weighted by Gasteiger charge is 2.02. The zero-order chi connectivity index (χ0) is 11.1. The van der Waals surface area contributed by atoms with Crippen LogP contribution in [0.2, 0.25) is 0 Å². The van der Waals surface area contributed by atoms with Crippen molar-refractivity contribution in [3.63, 3.8) is 0 Å². The van der Waals surface area contributed by atoms with Crippen molar-refractivity contribution in [1.82, 2.24) is 10.6 Å². The number of hydrogen-bond donors (Lipinski definition) is 2. The minimum atomic E-state index is 0.0660. The van der Waals surface area contributed by atoms with Crippen LogP contribution in [0.25, 0.3) is 0 Å². The number of nitrogens with one attached hydrogen (secondary N) is 2. The van der Waals surface area contributed by atoms with Gasteiger partial charge < -0.3 is 10.6 Å². The third kappa shape index (κ3) is 4.44. The average Bonchev–Trinajstić information content (AvgIpc) is 2.61. The van der Waals surface area contributed by atoms with Crippen molar-refractivity contribution < 1.29 is 4.79 Å². The molecule has 0 bridgehead atoms. The van der Waals surface area contributed by atoms with Gasteiger partial charge in [0.15, 0.2) is 0 Å². The van der Waals surface area contributed by atoms with Crippen molar-refractivity contribution >= 4 is 17.2 Å². The van der Waals surface area contributed by atoms with Crippen LogP contribution in [-0.4, -0.2) is 19.0 Å². The molecule has 0 aromatic carbocycles. The molecule has 0 saturated heterocycles. The van der Waals surface area contributed by atoms with Crippen LogP contribution in [0.3, 0.4) is 0 Å². The number of carbonyl (C=O) groups excluding carboxylic acids is 1. The van der Waals surface area contributed by atoms with Crippen molar-refractivity contribution in [2.45, 2.75) is 26.8 Å². The van der Waals surface area contributed by atoms with Gasteiger partial charge in [0.05, 0.1) is 13.1 Å². The summed E-state index contributed by atoms with van der Waals surface area (Å²) in [5.74, 6) is 0.0660. The lowest BCUT2D eigenvalue weighted by molar-refractivity contribution is -0.120. The molecule has 0 aliphatic heterocycles. The summed E-state index contributed by atoms with van der Waals surface area (Å²) in [4.78, 5) is 12.6. The topological polar surface area (TPSA) is 41.1 Å². The Kier molecular flexibility index (Phi) is 5.36. The number of hydrogen-bond acceptors (Lipinski definition) is 3. The van der Waals surface area contributed by atoms with E-state index in [0.717, 1.165) is 13.0 Å². The molecule has 0 aliphatic carbocycles. The maximum absolute atomic E-state index is 11.4. The van der Waals surface area contributed by atoms with Gasteiger partial charge in [-0.1, -0.05) is 6.92 Å². The van der Waals surface area contributed by atoms with Crippen LogP contribution in [-0.2, 0) is 11.3 Å². The van der Waals surface area contributed by atoms with E-state index in [9.17, 15) is 4.79 Å². The van der Waals surface area contributed by atoms with Crippen LogP contribution in [0.4, 0.5) is 0 Å². The van der Waals surface area contributed by atoms with E-state index < -0.39 is 0 Å². The third-order valence-electron chi connectivity index (χ3n) is 2.13.